The third kappa shape index (κ3) is 3.63. The van der Waals surface area contributed by atoms with E-state index in [-0.39, 0.29) is 6.04 Å². The van der Waals surface area contributed by atoms with Crippen molar-refractivity contribution < 1.29 is 9.58 Å². The Hall–Kier alpha value is -1.83. The molecule has 0 saturated carbocycles. The minimum Gasteiger partial charge on any atom is -0.594 e. The van der Waals surface area contributed by atoms with Gasteiger partial charge in [0.15, 0.2) is 0 Å². The summed E-state index contributed by atoms with van der Waals surface area (Å²) in [7, 11) is 3.70. The molecule has 0 aliphatic heterocycles. The number of likely N-dealkylation sites (N-methyl/N-ethyl adjacent to an activating group) is 1. The van der Waals surface area contributed by atoms with Crippen LogP contribution in [-0.4, -0.2) is 48.8 Å². The van der Waals surface area contributed by atoms with Crippen molar-refractivity contribution in [2.24, 2.45) is 5.73 Å². The van der Waals surface area contributed by atoms with Gasteiger partial charge >= 0.3 is 0 Å². The van der Waals surface area contributed by atoms with E-state index in [1.807, 2.05) is 19.2 Å². The summed E-state index contributed by atoms with van der Waals surface area (Å²) in [5, 5.41) is 16.3. The van der Waals surface area contributed by atoms with Crippen molar-refractivity contribution in [2.75, 3.05) is 33.9 Å². The van der Waals surface area contributed by atoms with Gasteiger partial charge in [0.25, 0.3) is 5.52 Å². The molecule has 0 fully saturated rings. The maximum absolute atomic E-state index is 12.3. The third-order valence-electron chi connectivity index (χ3n) is 4.65. The van der Waals surface area contributed by atoms with Crippen molar-refractivity contribution in [1.82, 2.24) is 15.0 Å². The van der Waals surface area contributed by atoms with Crippen LogP contribution in [0.1, 0.15) is 35.8 Å². The molecule has 1 aliphatic rings. The highest BCUT2D eigenvalue weighted by molar-refractivity contribution is 5.73. The Morgan fingerprint density at radius 1 is 1.33 bits per heavy atom. The number of fused-ring (bicyclic) bond motifs is 2. The Morgan fingerprint density at radius 2 is 2.08 bits per heavy atom. The van der Waals surface area contributed by atoms with Gasteiger partial charge in [0, 0.05) is 24.8 Å². The Bertz CT molecular complexity index is 722. The second-order valence-corrected chi connectivity index (χ2v) is 6.50. The lowest BCUT2D eigenvalue weighted by molar-refractivity contribution is -0.644. The summed E-state index contributed by atoms with van der Waals surface area (Å²) in [5.74, 6) is 0.413. The molecule has 130 valence electrons. The lowest BCUT2D eigenvalue weighted by Gasteiger charge is -2.18. The summed E-state index contributed by atoms with van der Waals surface area (Å²) in [5.41, 5.74) is 9.97. The lowest BCUT2D eigenvalue weighted by Crippen LogP contribution is -2.36. The molecule has 3 rings (SSSR count). The van der Waals surface area contributed by atoms with E-state index in [1.165, 1.54) is 11.1 Å². The van der Waals surface area contributed by atoms with Crippen LogP contribution in [0.5, 0.6) is 0 Å². The second kappa shape index (κ2) is 7.38. The predicted octanol–water partition coefficient (Wildman–Crippen LogP) is 0.720. The number of nitrogens with zero attached hydrogens (tertiary/aromatic N) is 4. The molecule has 2 aromatic rings. The standard InChI is InChI=1S/C17H25N5O2/c1-21(8-9-24-2)7-6-14(18)17-19-15-10-12-4-3-5-13(12)11-16(15)22(23)20-17/h10-11,14H,3-9,18H2,1-2H3. The summed E-state index contributed by atoms with van der Waals surface area (Å²) in [4.78, 5) is 7.37. The summed E-state index contributed by atoms with van der Waals surface area (Å²) < 4.78 is 5.06. The summed E-state index contributed by atoms with van der Waals surface area (Å²) >= 11 is 0. The maximum Gasteiger partial charge on any atom is 0.270 e. The molecule has 24 heavy (non-hydrogen) atoms. The van der Waals surface area contributed by atoms with Gasteiger partial charge < -0.3 is 20.6 Å². The van der Waals surface area contributed by atoms with Crippen LogP contribution < -0.4 is 10.6 Å². The number of methoxy groups -OCH3 is 1. The topological polar surface area (TPSA) is 91.2 Å². The molecule has 7 nitrogen and oxygen atoms in total. The molecule has 1 aromatic carbocycles. The van der Waals surface area contributed by atoms with E-state index in [0.717, 1.165) is 32.4 Å². The Labute approximate surface area is 142 Å². The molecule has 2 N–H and O–H groups in total. The average molecular weight is 331 g/mol. The van der Waals surface area contributed by atoms with Crippen molar-refractivity contribution in [3.63, 3.8) is 0 Å². The molecule has 1 unspecified atom stereocenters. The Morgan fingerprint density at radius 3 is 2.83 bits per heavy atom. The number of hydrogen-bond acceptors (Lipinski definition) is 6. The molecule has 0 spiro atoms. The number of ether oxygens (including phenoxy) is 1. The van der Waals surface area contributed by atoms with Gasteiger partial charge in [-0.3, -0.25) is 0 Å². The fourth-order valence-electron chi connectivity index (χ4n) is 3.14. The van der Waals surface area contributed by atoms with Crippen molar-refractivity contribution >= 4 is 11.0 Å². The van der Waals surface area contributed by atoms with Crippen molar-refractivity contribution in [1.29, 1.82) is 0 Å². The first-order valence-corrected chi connectivity index (χ1v) is 8.45. The van der Waals surface area contributed by atoms with Gasteiger partial charge in [0.1, 0.15) is 5.52 Å². The number of aryl methyl sites for hydroxylation is 2. The molecule has 0 amide bonds. The van der Waals surface area contributed by atoms with Crippen LogP contribution >= 0.6 is 0 Å². The van der Waals surface area contributed by atoms with Gasteiger partial charge in [-0.15, -0.1) is 0 Å². The van der Waals surface area contributed by atoms with Crippen LogP contribution in [0.4, 0.5) is 0 Å². The number of aromatic nitrogens is 3. The molecule has 1 aliphatic carbocycles. The zero-order valence-electron chi connectivity index (χ0n) is 14.4. The first-order valence-electron chi connectivity index (χ1n) is 8.45. The van der Waals surface area contributed by atoms with Gasteiger partial charge in [0.05, 0.1) is 12.6 Å². The van der Waals surface area contributed by atoms with Crippen LogP contribution in [0.25, 0.3) is 11.0 Å². The molecular formula is C17H25N5O2. The van der Waals surface area contributed by atoms with Crippen molar-refractivity contribution in [2.45, 2.75) is 31.7 Å². The average Bonchev–Trinajstić information content (AvgIpc) is 3.03. The van der Waals surface area contributed by atoms with Crippen LogP contribution in [0.15, 0.2) is 12.1 Å². The van der Waals surface area contributed by atoms with E-state index in [2.05, 4.69) is 15.0 Å². The quantitative estimate of drug-likeness (QED) is 0.594. The van der Waals surface area contributed by atoms with E-state index in [1.54, 1.807) is 7.11 Å². The van der Waals surface area contributed by atoms with Gasteiger partial charge in [-0.05, 0) is 61.3 Å². The van der Waals surface area contributed by atoms with E-state index < -0.39 is 0 Å². The first kappa shape index (κ1) is 17.0. The highest BCUT2D eigenvalue weighted by Crippen LogP contribution is 2.25. The number of rotatable bonds is 7. The molecule has 1 heterocycles. The van der Waals surface area contributed by atoms with Crippen molar-refractivity contribution in [3.05, 3.63) is 34.3 Å². The fourth-order valence-corrected chi connectivity index (χ4v) is 3.14. The van der Waals surface area contributed by atoms with Crippen LogP contribution in [0.3, 0.4) is 0 Å². The molecule has 1 aromatic heterocycles. The van der Waals surface area contributed by atoms with Gasteiger partial charge in [-0.1, -0.05) is 0 Å². The SMILES string of the molecule is COCCN(C)CCC(N)c1nc2cc3c(cc2[n+]([O-])n1)CCC3. The molecule has 7 heteroatoms. The predicted molar refractivity (Wildman–Crippen MR) is 91.4 cm³/mol. The Kier molecular flexibility index (Phi) is 5.23. The zero-order chi connectivity index (χ0) is 17.1. The van der Waals surface area contributed by atoms with E-state index in [0.29, 0.717) is 34.7 Å². The van der Waals surface area contributed by atoms with Gasteiger partial charge in [0.2, 0.25) is 5.82 Å². The van der Waals surface area contributed by atoms with Gasteiger partial charge in [-0.2, -0.15) is 0 Å². The molecular weight excluding hydrogens is 306 g/mol. The minimum atomic E-state index is -0.354. The zero-order valence-corrected chi connectivity index (χ0v) is 14.4. The normalized spacial score (nSPS) is 15.2. The van der Waals surface area contributed by atoms with Gasteiger partial charge in [-0.25, -0.2) is 4.98 Å². The maximum atomic E-state index is 12.3. The van der Waals surface area contributed by atoms with E-state index >= 15 is 0 Å². The monoisotopic (exact) mass is 331 g/mol. The molecule has 1 atom stereocenters. The first-order chi connectivity index (χ1) is 11.6. The van der Waals surface area contributed by atoms with Crippen LogP contribution in [0, 0.1) is 5.21 Å². The number of nitrogens with two attached hydrogens (primary N) is 1. The second-order valence-electron chi connectivity index (χ2n) is 6.50. The largest absolute Gasteiger partial charge is 0.594 e. The summed E-state index contributed by atoms with van der Waals surface area (Å²) in [6.45, 7) is 2.33. The van der Waals surface area contributed by atoms with E-state index in [9.17, 15) is 5.21 Å². The summed E-state index contributed by atoms with van der Waals surface area (Å²) in [6, 6.07) is 3.60. The third-order valence-corrected chi connectivity index (χ3v) is 4.65. The van der Waals surface area contributed by atoms with Crippen LogP contribution in [0.2, 0.25) is 0 Å². The fraction of sp³-hybridized carbons (Fsp3) is 0.588. The number of benzene rings is 1. The smallest absolute Gasteiger partial charge is 0.270 e. The molecule has 0 radical (unpaired) electrons. The van der Waals surface area contributed by atoms with Crippen molar-refractivity contribution in [3.8, 4) is 0 Å². The minimum absolute atomic E-state index is 0.354. The molecule has 0 bridgehead atoms. The highest BCUT2D eigenvalue weighted by Gasteiger charge is 2.20. The number of hydrogen-bond donors (Lipinski definition) is 1. The van der Waals surface area contributed by atoms with Crippen LogP contribution in [-0.2, 0) is 17.6 Å². The lowest BCUT2D eigenvalue weighted by atomic mass is 10.1. The summed E-state index contributed by atoms with van der Waals surface area (Å²) in [6.07, 6.45) is 3.91. The Balaban J connectivity index is 1.76. The van der Waals surface area contributed by atoms with E-state index in [4.69, 9.17) is 10.5 Å². The highest BCUT2D eigenvalue weighted by atomic mass is 16.5. The molecule has 0 saturated heterocycles.